The molecule has 0 aliphatic carbocycles. The lowest BCUT2D eigenvalue weighted by Crippen LogP contribution is -2.13. The minimum absolute atomic E-state index is 0.0491. The fourth-order valence-electron chi connectivity index (χ4n) is 4.02. The van der Waals surface area contributed by atoms with E-state index in [2.05, 4.69) is 36.2 Å². The van der Waals surface area contributed by atoms with E-state index in [9.17, 15) is 9.59 Å². The number of fused-ring (bicyclic) bond motifs is 2. The van der Waals surface area contributed by atoms with Crippen LogP contribution in [0.15, 0.2) is 97.0 Å². The zero-order valence-electron chi connectivity index (χ0n) is 22.4. The van der Waals surface area contributed by atoms with Crippen LogP contribution in [-0.2, 0) is 4.79 Å². The van der Waals surface area contributed by atoms with Gasteiger partial charge in [0.25, 0.3) is 0 Å². The predicted octanol–water partition coefficient (Wildman–Crippen LogP) is 10.4. The number of halogens is 3. The summed E-state index contributed by atoms with van der Waals surface area (Å²) in [4.78, 5) is 39.1. The summed E-state index contributed by atoms with van der Waals surface area (Å²) in [5.74, 6) is 0.443. The zero-order chi connectivity index (χ0) is 30.6. The maximum absolute atomic E-state index is 12.8. The Hall–Kier alpha value is -2.77. The van der Waals surface area contributed by atoms with Gasteiger partial charge in [-0.3, -0.25) is 14.6 Å². The third-order valence-corrected chi connectivity index (χ3v) is 11.7. The highest BCUT2D eigenvalue weighted by molar-refractivity contribution is 9.10. The van der Waals surface area contributed by atoms with Gasteiger partial charge in [-0.15, -0.1) is 22.7 Å². The number of hydrogen-bond acceptors (Lipinski definition) is 9. The SMILES string of the molecule is O=C(CSc1nc2ccc(N=Cc3c(Cl)cccc3Cl)cc2s1)Nc1ccc2nc(SCC(=O)c3ccc(Br)cc3)sc2c1. The van der Waals surface area contributed by atoms with Gasteiger partial charge in [-0.2, -0.15) is 0 Å². The number of thiazole rings is 2. The molecule has 2 heterocycles. The standard InChI is InChI=1S/C31H19BrCl2N4O2S4/c32-18-6-4-17(5-7-18)26(39)15-41-30-37-25-11-9-20(13-28(25)44-30)36-29(40)16-42-31-38-24-10-8-19(12-27(24)43-31)35-14-21-22(33)2-1-3-23(21)34/h1-14H,15-16H2,(H,36,40). The van der Waals surface area contributed by atoms with Crippen molar-refractivity contribution < 1.29 is 9.59 Å². The first-order valence-corrected chi connectivity index (χ1v) is 18.1. The van der Waals surface area contributed by atoms with Gasteiger partial charge in [0.15, 0.2) is 14.5 Å². The van der Waals surface area contributed by atoms with Gasteiger partial charge in [-0.1, -0.05) is 80.9 Å². The fourth-order valence-corrected chi connectivity index (χ4v) is 8.68. The molecule has 0 aliphatic rings. The van der Waals surface area contributed by atoms with Crippen molar-refractivity contribution in [1.82, 2.24) is 9.97 Å². The average molecular weight is 759 g/mol. The number of benzene rings is 4. The van der Waals surface area contributed by atoms with Crippen LogP contribution in [0.25, 0.3) is 20.4 Å². The Morgan fingerprint density at radius 2 is 1.48 bits per heavy atom. The molecule has 1 amide bonds. The number of aliphatic imine (C=N–C) groups is 1. The van der Waals surface area contributed by atoms with Gasteiger partial charge in [0, 0.05) is 27.5 Å². The van der Waals surface area contributed by atoms with Crippen molar-refractivity contribution in [1.29, 1.82) is 0 Å². The molecule has 0 bridgehead atoms. The number of nitrogens with zero attached hydrogens (tertiary/aromatic N) is 3. The van der Waals surface area contributed by atoms with Gasteiger partial charge in [0.2, 0.25) is 5.91 Å². The molecule has 6 rings (SSSR count). The van der Waals surface area contributed by atoms with Gasteiger partial charge in [0.05, 0.1) is 47.7 Å². The minimum Gasteiger partial charge on any atom is -0.325 e. The maximum atomic E-state index is 12.8. The molecule has 0 unspecified atom stereocenters. The lowest BCUT2D eigenvalue weighted by molar-refractivity contribution is -0.113. The summed E-state index contributed by atoms with van der Waals surface area (Å²) in [5, 5.41) is 4.04. The molecule has 0 saturated heterocycles. The highest BCUT2D eigenvalue weighted by Crippen LogP contribution is 2.34. The van der Waals surface area contributed by atoms with Gasteiger partial charge in [-0.25, -0.2) is 9.97 Å². The molecule has 0 aliphatic heterocycles. The Morgan fingerprint density at radius 3 is 2.18 bits per heavy atom. The molecule has 0 radical (unpaired) electrons. The number of ketones is 1. The largest absolute Gasteiger partial charge is 0.325 e. The number of thioether (sulfide) groups is 2. The van der Waals surface area contributed by atoms with Crippen LogP contribution in [-0.4, -0.2) is 39.4 Å². The molecule has 1 N–H and O–H groups in total. The van der Waals surface area contributed by atoms with E-state index in [0.717, 1.165) is 39.3 Å². The average Bonchev–Trinajstić information content (AvgIpc) is 3.62. The van der Waals surface area contributed by atoms with Crippen molar-refractivity contribution in [3.05, 3.63) is 105 Å². The van der Waals surface area contributed by atoms with E-state index in [0.29, 0.717) is 32.6 Å². The summed E-state index contributed by atoms with van der Waals surface area (Å²) in [7, 11) is 0. The highest BCUT2D eigenvalue weighted by Gasteiger charge is 2.13. The Morgan fingerprint density at radius 1 is 0.841 bits per heavy atom. The lowest BCUT2D eigenvalue weighted by Gasteiger charge is -2.03. The Balaban J connectivity index is 1.04. The number of carbonyl (C=O) groups excluding carboxylic acids is 2. The van der Waals surface area contributed by atoms with E-state index in [1.165, 1.54) is 46.2 Å². The van der Waals surface area contributed by atoms with E-state index < -0.39 is 0 Å². The molecule has 0 atom stereocenters. The minimum atomic E-state index is -0.130. The summed E-state index contributed by atoms with van der Waals surface area (Å²) in [6.07, 6.45) is 1.66. The summed E-state index contributed by atoms with van der Waals surface area (Å²) >= 11 is 21.7. The molecule has 0 spiro atoms. The van der Waals surface area contributed by atoms with Crippen molar-refractivity contribution >= 4 is 135 Å². The normalized spacial score (nSPS) is 11.5. The second kappa shape index (κ2) is 14.1. The maximum Gasteiger partial charge on any atom is 0.234 e. The summed E-state index contributed by atoms with van der Waals surface area (Å²) in [6, 6.07) is 24.0. The van der Waals surface area contributed by atoms with Gasteiger partial charge >= 0.3 is 0 Å². The molecule has 6 nitrogen and oxygen atoms in total. The van der Waals surface area contributed by atoms with Crippen LogP contribution in [0, 0.1) is 0 Å². The molecule has 13 heteroatoms. The number of anilines is 1. The third-order valence-electron chi connectivity index (χ3n) is 6.17. The Kier molecular flexibility index (Phi) is 10.0. The van der Waals surface area contributed by atoms with Crippen LogP contribution >= 0.6 is 85.3 Å². The predicted molar refractivity (Wildman–Crippen MR) is 192 cm³/mol. The topological polar surface area (TPSA) is 84.3 Å². The molecule has 220 valence electrons. The highest BCUT2D eigenvalue weighted by atomic mass is 79.9. The van der Waals surface area contributed by atoms with Crippen LogP contribution < -0.4 is 5.32 Å². The van der Waals surface area contributed by atoms with E-state index in [-0.39, 0.29) is 17.4 Å². The Labute approximate surface area is 287 Å². The fraction of sp³-hybridized carbons (Fsp3) is 0.0645. The number of nitrogens with one attached hydrogen (secondary N) is 1. The molecule has 4 aromatic carbocycles. The first-order valence-electron chi connectivity index (χ1n) is 12.9. The van der Waals surface area contributed by atoms with Crippen LogP contribution in [0.3, 0.4) is 0 Å². The third kappa shape index (κ3) is 7.71. The molecule has 6 aromatic rings. The quantitative estimate of drug-likeness (QED) is 0.0851. The van der Waals surface area contributed by atoms with Crippen molar-refractivity contribution in [3.63, 3.8) is 0 Å². The van der Waals surface area contributed by atoms with Crippen LogP contribution in [0.5, 0.6) is 0 Å². The molecule has 0 saturated carbocycles. The number of aromatic nitrogens is 2. The number of carbonyl (C=O) groups is 2. The molecular weight excluding hydrogens is 739 g/mol. The van der Waals surface area contributed by atoms with Crippen molar-refractivity contribution in [3.8, 4) is 0 Å². The number of amides is 1. The lowest BCUT2D eigenvalue weighted by atomic mass is 10.2. The zero-order valence-corrected chi connectivity index (χ0v) is 28.8. The summed E-state index contributed by atoms with van der Waals surface area (Å²) < 4.78 is 4.44. The van der Waals surface area contributed by atoms with Gasteiger partial charge in [0.1, 0.15) is 0 Å². The second-order valence-corrected chi connectivity index (χ2v) is 15.5. The monoisotopic (exact) mass is 756 g/mol. The van der Waals surface area contributed by atoms with Crippen molar-refractivity contribution in [2.45, 2.75) is 8.68 Å². The molecule has 44 heavy (non-hydrogen) atoms. The molecular formula is C31H19BrCl2N4O2S4. The van der Waals surface area contributed by atoms with E-state index >= 15 is 0 Å². The molecule has 0 fully saturated rings. The smallest absolute Gasteiger partial charge is 0.234 e. The van der Waals surface area contributed by atoms with Crippen LogP contribution in [0.2, 0.25) is 10.0 Å². The summed E-state index contributed by atoms with van der Waals surface area (Å²) in [6.45, 7) is 0. The van der Waals surface area contributed by atoms with E-state index in [1.807, 2.05) is 60.7 Å². The van der Waals surface area contributed by atoms with E-state index in [4.69, 9.17) is 23.2 Å². The number of Topliss-reactive ketones (excluding diaryl/α,β-unsaturated/α-hetero) is 1. The summed E-state index contributed by atoms with van der Waals surface area (Å²) in [5.41, 5.74) is 4.46. The van der Waals surface area contributed by atoms with Gasteiger partial charge < -0.3 is 5.32 Å². The van der Waals surface area contributed by atoms with E-state index in [1.54, 1.807) is 24.4 Å². The first-order chi connectivity index (χ1) is 21.3. The number of hydrogen-bond donors (Lipinski definition) is 1. The first kappa shape index (κ1) is 31.2. The molecule has 2 aromatic heterocycles. The van der Waals surface area contributed by atoms with Crippen molar-refractivity contribution in [2.75, 3.05) is 16.8 Å². The second-order valence-electron chi connectivity index (χ2n) is 9.24. The van der Waals surface area contributed by atoms with Crippen LogP contribution in [0.1, 0.15) is 15.9 Å². The van der Waals surface area contributed by atoms with Gasteiger partial charge in [-0.05, 0) is 60.7 Å². The number of rotatable bonds is 10. The Bertz CT molecular complexity index is 2030. The van der Waals surface area contributed by atoms with Crippen LogP contribution in [0.4, 0.5) is 11.4 Å². The van der Waals surface area contributed by atoms with Crippen molar-refractivity contribution in [2.24, 2.45) is 4.99 Å².